The largest absolute Gasteiger partial charge is 0.330 e. The van der Waals surface area contributed by atoms with E-state index in [1.54, 1.807) is 13.8 Å². The second-order valence-corrected chi connectivity index (χ2v) is 8.59. The van der Waals surface area contributed by atoms with Crippen LogP contribution in [0, 0.1) is 0 Å². The van der Waals surface area contributed by atoms with Gasteiger partial charge in [0.05, 0.1) is 11.5 Å². The molecule has 0 fully saturated rings. The first kappa shape index (κ1) is 16.8. The number of nitrogens with zero attached hydrogens (tertiary/aromatic N) is 1. The van der Waals surface area contributed by atoms with E-state index in [4.69, 9.17) is 5.73 Å². The average molecular weight is 286 g/mol. The topological polar surface area (TPSA) is 97.5 Å². The van der Waals surface area contributed by atoms with E-state index >= 15 is 0 Å². The minimum Gasteiger partial charge on any atom is -0.330 e. The molecule has 104 valence electrons. The first-order chi connectivity index (χ1) is 7.60. The SMILES string of the molecule is CC(C)N(CCCN)S(=O)(=O)CCS(C)(=O)=O. The zero-order valence-electron chi connectivity index (χ0n) is 10.6. The van der Waals surface area contributed by atoms with Crippen molar-refractivity contribution in [3.8, 4) is 0 Å². The summed E-state index contributed by atoms with van der Waals surface area (Å²) in [6, 6.07) is -0.189. The molecule has 0 atom stereocenters. The Morgan fingerprint density at radius 2 is 1.65 bits per heavy atom. The Bertz CT molecular complexity index is 414. The normalized spacial score (nSPS) is 13.5. The monoisotopic (exact) mass is 286 g/mol. The molecule has 8 heteroatoms. The number of hydrogen-bond donors (Lipinski definition) is 1. The predicted octanol–water partition coefficient (Wildman–Crippen LogP) is -0.580. The van der Waals surface area contributed by atoms with Crippen LogP contribution in [0.4, 0.5) is 0 Å². The number of nitrogens with two attached hydrogens (primary N) is 1. The fourth-order valence-electron chi connectivity index (χ4n) is 1.34. The molecule has 0 unspecified atom stereocenters. The van der Waals surface area contributed by atoms with Crippen LogP contribution in [-0.2, 0) is 19.9 Å². The molecule has 0 amide bonds. The van der Waals surface area contributed by atoms with Crippen molar-refractivity contribution < 1.29 is 16.8 Å². The highest BCUT2D eigenvalue weighted by atomic mass is 32.2. The van der Waals surface area contributed by atoms with Gasteiger partial charge in [0.1, 0.15) is 9.84 Å². The smallest absolute Gasteiger partial charge is 0.215 e. The van der Waals surface area contributed by atoms with E-state index in [2.05, 4.69) is 0 Å². The zero-order valence-corrected chi connectivity index (χ0v) is 12.2. The number of hydrogen-bond acceptors (Lipinski definition) is 5. The summed E-state index contributed by atoms with van der Waals surface area (Å²) in [6.45, 7) is 4.26. The second kappa shape index (κ2) is 6.67. The highest BCUT2D eigenvalue weighted by Gasteiger charge is 2.25. The van der Waals surface area contributed by atoms with Crippen LogP contribution in [0.15, 0.2) is 0 Å². The van der Waals surface area contributed by atoms with E-state index in [1.165, 1.54) is 4.31 Å². The molecule has 0 aromatic carbocycles. The highest BCUT2D eigenvalue weighted by Crippen LogP contribution is 2.09. The van der Waals surface area contributed by atoms with Gasteiger partial charge in [-0.2, -0.15) is 4.31 Å². The van der Waals surface area contributed by atoms with E-state index in [1.807, 2.05) is 0 Å². The lowest BCUT2D eigenvalue weighted by molar-refractivity contribution is 0.352. The first-order valence-corrected chi connectivity index (χ1v) is 9.14. The molecule has 0 rings (SSSR count). The quantitative estimate of drug-likeness (QED) is 0.644. The third-order valence-electron chi connectivity index (χ3n) is 2.23. The zero-order chi connectivity index (χ0) is 13.7. The fourth-order valence-corrected chi connectivity index (χ4v) is 4.68. The molecule has 0 aliphatic rings. The summed E-state index contributed by atoms with van der Waals surface area (Å²) in [6.07, 6.45) is 1.60. The minimum absolute atomic E-state index is 0.189. The molecule has 0 aromatic rings. The minimum atomic E-state index is -3.53. The van der Waals surface area contributed by atoms with Crippen molar-refractivity contribution in [1.29, 1.82) is 0 Å². The van der Waals surface area contributed by atoms with Crippen molar-refractivity contribution in [3.05, 3.63) is 0 Å². The van der Waals surface area contributed by atoms with Gasteiger partial charge in [-0.25, -0.2) is 16.8 Å². The van der Waals surface area contributed by atoms with E-state index in [9.17, 15) is 16.8 Å². The van der Waals surface area contributed by atoms with Crippen LogP contribution in [0.25, 0.3) is 0 Å². The maximum Gasteiger partial charge on any atom is 0.215 e. The van der Waals surface area contributed by atoms with Crippen LogP contribution in [-0.4, -0.2) is 58.0 Å². The fraction of sp³-hybridized carbons (Fsp3) is 1.00. The van der Waals surface area contributed by atoms with Gasteiger partial charge >= 0.3 is 0 Å². The second-order valence-electron chi connectivity index (χ2n) is 4.29. The first-order valence-electron chi connectivity index (χ1n) is 5.47. The molecule has 0 aromatic heterocycles. The van der Waals surface area contributed by atoms with Gasteiger partial charge in [0, 0.05) is 18.8 Å². The molecule has 0 saturated carbocycles. The Kier molecular flexibility index (Phi) is 6.60. The summed E-state index contributed by atoms with van der Waals surface area (Å²) in [4.78, 5) is 0. The molecular weight excluding hydrogens is 264 g/mol. The van der Waals surface area contributed by atoms with Gasteiger partial charge in [0.25, 0.3) is 0 Å². The lowest BCUT2D eigenvalue weighted by atomic mass is 10.3. The third kappa shape index (κ3) is 6.97. The Hall–Kier alpha value is -0.180. The summed E-state index contributed by atoms with van der Waals surface area (Å²) < 4.78 is 47.2. The van der Waals surface area contributed by atoms with E-state index in [0.29, 0.717) is 19.5 Å². The summed E-state index contributed by atoms with van der Waals surface area (Å²) in [5.41, 5.74) is 5.35. The summed E-state index contributed by atoms with van der Waals surface area (Å²) in [7, 11) is -6.80. The molecule has 0 aliphatic heterocycles. The average Bonchev–Trinajstić information content (AvgIpc) is 2.14. The van der Waals surface area contributed by atoms with Crippen molar-refractivity contribution in [2.45, 2.75) is 26.3 Å². The molecule has 0 aliphatic carbocycles. The number of sulfonamides is 1. The third-order valence-corrected chi connectivity index (χ3v) is 5.47. The maximum atomic E-state index is 11.9. The van der Waals surface area contributed by atoms with Crippen molar-refractivity contribution in [2.24, 2.45) is 5.73 Å². The van der Waals surface area contributed by atoms with Crippen LogP contribution in [0.3, 0.4) is 0 Å². The number of sulfone groups is 1. The lowest BCUT2D eigenvalue weighted by Crippen LogP contribution is -2.41. The molecule has 0 bridgehead atoms. The molecule has 0 saturated heterocycles. The maximum absolute atomic E-state index is 11.9. The molecule has 0 heterocycles. The van der Waals surface area contributed by atoms with E-state index < -0.39 is 19.9 Å². The summed E-state index contributed by atoms with van der Waals surface area (Å²) in [5, 5.41) is 0. The van der Waals surface area contributed by atoms with Gasteiger partial charge < -0.3 is 5.73 Å². The molecular formula is C9H22N2O4S2. The molecule has 2 N–H and O–H groups in total. The van der Waals surface area contributed by atoms with Crippen molar-refractivity contribution in [3.63, 3.8) is 0 Å². The summed E-state index contributed by atoms with van der Waals surface area (Å²) >= 11 is 0. The Balaban J connectivity index is 4.73. The van der Waals surface area contributed by atoms with Gasteiger partial charge in [-0.3, -0.25) is 0 Å². The van der Waals surface area contributed by atoms with Crippen LogP contribution in [0.2, 0.25) is 0 Å². The highest BCUT2D eigenvalue weighted by molar-refractivity contribution is 7.93. The van der Waals surface area contributed by atoms with Gasteiger partial charge in [0.2, 0.25) is 10.0 Å². The Morgan fingerprint density at radius 3 is 2.00 bits per heavy atom. The van der Waals surface area contributed by atoms with Crippen molar-refractivity contribution >= 4 is 19.9 Å². The van der Waals surface area contributed by atoms with Crippen molar-refractivity contribution in [2.75, 3.05) is 30.9 Å². The lowest BCUT2D eigenvalue weighted by Gasteiger charge is -2.25. The van der Waals surface area contributed by atoms with Crippen LogP contribution < -0.4 is 5.73 Å². The predicted molar refractivity (Wildman–Crippen MR) is 69.0 cm³/mol. The molecule has 0 radical (unpaired) electrons. The molecule has 6 nitrogen and oxygen atoms in total. The van der Waals surface area contributed by atoms with Crippen LogP contribution in [0.5, 0.6) is 0 Å². The van der Waals surface area contributed by atoms with Gasteiger partial charge in [-0.05, 0) is 26.8 Å². The van der Waals surface area contributed by atoms with Gasteiger partial charge in [0.15, 0.2) is 0 Å². The number of rotatable bonds is 8. The van der Waals surface area contributed by atoms with Crippen LogP contribution in [0.1, 0.15) is 20.3 Å². The standard InChI is InChI=1S/C9H22N2O4S2/c1-9(2)11(6-4-5-10)17(14,15)8-7-16(3,12)13/h9H,4-8,10H2,1-3H3. The van der Waals surface area contributed by atoms with Crippen LogP contribution >= 0.6 is 0 Å². The van der Waals surface area contributed by atoms with E-state index in [-0.39, 0.29) is 17.5 Å². The molecule has 0 spiro atoms. The van der Waals surface area contributed by atoms with E-state index in [0.717, 1.165) is 6.26 Å². The Morgan fingerprint density at radius 1 is 1.12 bits per heavy atom. The summed E-state index contributed by atoms with van der Waals surface area (Å²) in [5.74, 6) is -0.713. The van der Waals surface area contributed by atoms with Gasteiger partial charge in [-0.1, -0.05) is 0 Å². The van der Waals surface area contributed by atoms with Gasteiger partial charge in [-0.15, -0.1) is 0 Å². The Labute approximate surface area is 104 Å². The molecule has 17 heavy (non-hydrogen) atoms. The van der Waals surface area contributed by atoms with Crippen molar-refractivity contribution in [1.82, 2.24) is 4.31 Å².